The number of amides is 2. The number of aromatic nitrogens is 2. The Labute approximate surface area is 189 Å². The number of nitrogens with one attached hydrogen (secondary N) is 2. The Morgan fingerprint density at radius 3 is 2.70 bits per heavy atom. The summed E-state index contributed by atoms with van der Waals surface area (Å²) in [5.41, 5.74) is 1.23. The van der Waals surface area contributed by atoms with E-state index in [1.165, 1.54) is 0 Å². The molecule has 0 radical (unpaired) electrons. The highest BCUT2D eigenvalue weighted by Gasteiger charge is 2.50. The third-order valence-corrected chi connectivity index (χ3v) is 6.49. The predicted molar refractivity (Wildman–Crippen MR) is 118 cm³/mol. The molecule has 3 aliphatic heterocycles. The fourth-order valence-corrected chi connectivity index (χ4v) is 5.29. The second-order valence-electron chi connectivity index (χ2n) is 8.38. The van der Waals surface area contributed by atoms with Crippen LogP contribution < -0.4 is 16.3 Å². The van der Waals surface area contributed by atoms with Crippen molar-refractivity contribution in [1.29, 1.82) is 0 Å². The molecule has 3 fully saturated rings. The summed E-state index contributed by atoms with van der Waals surface area (Å²) >= 11 is 0. The first-order valence-electron chi connectivity index (χ1n) is 10.3. The minimum Gasteiger partial charge on any atom is -0.353 e. The first kappa shape index (κ1) is 24.6. The zero-order chi connectivity index (χ0) is 19.8. The molecule has 0 spiro atoms. The van der Waals surface area contributed by atoms with Crippen molar-refractivity contribution in [3.8, 4) is 0 Å². The normalized spacial score (nSPS) is 27.4. The minimum atomic E-state index is -0.407. The second-order valence-corrected chi connectivity index (χ2v) is 8.38. The molecule has 2 N–H and O–H groups in total. The summed E-state index contributed by atoms with van der Waals surface area (Å²) in [6.07, 6.45) is 3.44. The van der Waals surface area contributed by atoms with E-state index in [0.29, 0.717) is 31.1 Å². The maximum Gasteiger partial charge on any atom is 0.348 e. The van der Waals surface area contributed by atoms with Gasteiger partial charge in [-0.1, -0.05) is 0 Å². The molecule has 0 aromatic carbocycles. The lowest BCUT2D eigenvalue weighted by Gasteiger charge is -2.53. The first-order chi connectivity index (χ1) is 13.5. The van der Waals surface area contributed by atoms with Gasteiger partial charge in [0.25, 0.3) is 0 Å². The van der Waals surface area contributed by atoms with Crippen LogP contribution in [0.4, 0.5) is 0 Å². The molecule has 3 aliphatic rings. The van der Waals surface area contributed by atoms with Gasteiger partial charge < -0.3 is 15.5 Å². The van der Waals surface area contributed by atoms with Crippen molar-refractivity contribution in [1.82, 2.24) is 25.1 Å². The highest BCUT2D eigenvalue weighted by molar-refractivity contribution is 5.89. The van der Waals surface area contributed by atoms with Gasteiger partial charge >= 0.3 is 5.69 Å². The van der Waals surface area contributed by atoms with Crippen molar-refractivity contribution in [2.24, 2.45) is 11.8 Å². The fourth-order valence-electron chi connectivity index (χ4n) is 5.29. The Balaban J connectivity index is 0.00000160. The van der Waals surface area contributed by atoms with Crippen LogP contribution in [-0.4, -0.2) is 58.0 Å². The van der Waals surface area contributed by atoms with Crippen molar-refractivity contribution in [2.75, 3.05) is 19.6 Å². The molecule has 4 heterocycles. The van der Waals surface area contributed by atoms with E-state index >= 15 is 0 Å². The van der Waals surface area contributed by atoms with Crippen LogP contribution in [0.3, 0.4) is 0 Å². The molecule has 30 heavy (non-hydrogen) atoms. The predicted octanol–water partition coefficient (Wildman–Crippen LogP) is 0.809. The molecule has 2 amide bonds. The van der Waals surface area contributed by atoms with Gasteiger partial charge in [0.1, 0.15) is 6.04 Å². The number of carbonyl (C=O) groups is 2. The van der Waals surface area contributed by atoms with Crippen molar-refractivity contribution < 1.29 is 9.59 Å². The molecule has 10 heteroatoms. The smallest absolute Gasteiger partial charge is 0.348 e. The molecule has 8 nitrogen and oxygen atoms in total. The third kappa shape index (κ3) is 4.65. The Morgan fingerprint density at radius 2 is 1.97 bits per heavy atom. The van der Waals surface area contributed by atoms with Gasteiger partial charge in [-0.15, -0.1) is 24.8 Å². The molecule has 1 aromatic rings. The lowest BCUT2D eigenvalue weighted by atomic mass is 9.72. The maximum atomic E-state index is 13.1. The number of halogens is 2. The van der Waals surface area contributed by atoms with Crippen LogP contribution in [0.25, 0.3) is 0 Å². The van der Waals surface area contributed by atoms with Crippen molar-refractivity contribution in [3.63, 3.8) is 0 Å². The maximum absolute atomic E-state index is 13.1. The monoisotopic (exact) mass is 459 g/mol. The summed E-state index contributed by atoms with van der Waals surface area (Å²) in [4.78, 5) is 43.7. The molecule has 0 saturated carbocycles. The lowest BCUT2D eigenvalue weighted by Crippen LogP contribution is -2.68. The quantitative estimate of drug-likeness (QED) is 0.694. The Bertz CT molecular complexity index is 846. The summed E-state index contributed by atoms with van der Waals surface area (Å²) in [6, 6.07) is 1.62. The van der Waals surface area contributed by atoms with Crippen molar-refractivity contribution in [2.45, 2.75) is 58.2 Å². The first-order valence-corrected chi connectivity index (χ1v) is 10.3. The van der Waals surface area contributed by atoms with E-state index in [1.54, 1.807) is 11.5 Å². The topological polar surface area (TPSA) is 96.3 Å². The average Bonchev–Trinajstić information content (AvgIpc) is 2.65. The number of aryl methyl sites for hydroxylation is 2. The summed E-state index contributed by atoms with van der Waals surface area (Å²) in [6.45, 7) is 6.08. The zero-order valence-corrected chi connectivity index (χ0v) is 19.1. The number of rotatable bonds is 4. The highest BCUT2D eigenvalue weighted by atomic mass is 35.5. The van der Waals surface area contributed by atoms with Gasteiger partial charge in [0.05, 0.1) is 0 Å². The molecule has 2 bridgehead atoms. The number of hydrogen-bond donors (Lipinski definition) is 2. The Morgan fingerprint density at radius 1 is 1.23 bits per heavy atom. The molecule has 4 atom stereocenters. The van der Waals surface area contributed by atoms with Crippen molar-refractivity contribution in [3.05, 3.63) is 27.9 Å². The lowest BCUT2D eigenvalue weighted by molar-refractivity contribution is -0.157. The molecular weight excluding hydrogens is 429 g/mol. The molecule has 0 unspecified atom stereocenters. The van der Waals surface area contributed by atoms with Crippen LogP contribution in [0.15, 0.2) is 10.9 Å². The van der Waals surface area contributed by atoms with E-state index in [0.717, 1.165) is 38.0 Å². The van der Waals surface area contributed by atoms with E-state index in [4.69, 9.17) is 0 Å². The Kier molecular flexibility index (Phi) is 8.30. The van der Waals surface area contributed by atoms with Gasteiger partial charge in [0, 0.05) is 49.4 Å². The van der Waals surface area contributed by atoms with Gasteiger partial charge in [0.2, 0.25) is 11.8 Å². The van der Waals surface area contributed by atoms with Crippen LogP contribution in [0.5, 0.6) is 0 Å². The number of fused-ring (bicyclic) bond motifs is 4. The van der Waals surface area contributed by atoms with Gasteiger partial charge in [-0.25, -0.2) is 4.79 Å². The number of nitrogens with zero attached hydrogens (tertiary/aromatic N) is 3. The van der Waals surface area contributed by atoms with Crippen LogP contribution >= 0.6 is 24.8 Å². The highest BCUT2D eigenvalue weighted by Crippen LogP contribution is 2.39. The molecular formula is C20H31Cl2N5O3. The van der Waals surface area contributed by atoms with E-state index in [2.05, 4.69) is 15.6 Å². The summed E-state index contributed by atoms with van der Waals surface area (Å²) in [5, 5.41) is 6.43. The third-order valence-electron chi connectivity index (χ3n) is 6.49. The van der Waals surface area contributed by atoms with Gasteiger partial charge in [-0.2, -0.15) is 4.98 Å². The van der Waals surface area contributed by atoms with E-state index in [-0.39, 0.29) is 54.3 Å². The van der Waals surface area contributed by atoms with Gasteiger partial charge in [0.15, 0.2) is 0 Å². The van der Waals surface area contributed by atoms with Crippen molar-refractivity contribution >= 4 is 36.6 Å². The van der Waals surface area contributed by atoms with Gasteiger partial charge in [-0.05, 0) is 51.6 Å². The standard InChI is InChI=1S/C20H29N5O3.2ClH/c1-12-8-13(2)24(20(28)23-12)7-6-22-19(27)18-15-9-14(10-21-11-15)16-4-3-5-17(26)25(16)18;;/h8,14-16,18,21H,3-7,9-11H2,1-2H3,(H,22,27);2*1H/t14-,15+,16+,18-;;/m1../s1. The summed E-state index contributed by atoms with van der Waals surface area (Å²) in [5.74, 6) is 0.621. The number of piperidine rings is 3. The average molecular weight is 460 g/mol. The zero-order valence-electron chi connectivity index (χ0n) is 17.4. The largest absolute Gasteiger partial charge is 0.353 e. The Hall–Kier alpha value is -1.64. The second kappa shape index (κ2) is 10.1. The van der Waals surface area contributed by atoms with Crippen LogP contribution in [0.1, 0.15) is 37.1 Å². The molecule has 4 rings (SSSR count). The molecule has 168 valence electrons. The SMILES string of the molecule is Cc1cc(C)n(CCNC(=O)[C@H]2[C@@H]3CNC[C@@H](C3)[C@@H]3CCCC(=O)N32)c(=O)n1.Cl.Cl. The molecule has 1 aromatic heterocycles. The molecule has 3 saturated heterocycles. The van der Waals surface area contributed by atoms with Crippen LogP contribution in [0.2, 0.25) is 0 Å². The van der Waals surface area contributed by atoms with E-state index in [1.807, 2.05) is 17.9 Å². The minimum absolute atomic E-state index is 0. The number of hydrogen-bond acceptors (Lipinski definition) is 5. The summed E-state index contributed by atoms with van der Waals surface area (Å²) in [7, 11) is 0. The molecule has 0 aliphatic carbocycles. The van der Waals surface area contributed by atoms with Gasteiger partial charge in [-0.3, -0.25) is 14.2 Å². The van der Waals surface area contributed by atoms with E-state index in [9.17, 15) is 14.4 Å². The summed E-state index contributed by atoms with van der Waals surface area (Å²) < 4.78 is 1.57. The van der Waals surface area contributed by atoms with Crippen LogP contribution in [0, 0.1) is 25.7 Å². The number of carbonyl (C=O) groups excluding carboxylic acids is 2. The van der Waals surface area contributed by atoms with Crippen LogP contribution in [-0.2, 0) is 16.1 Å². The van der Waals surface area contributed by atoms with E-state index < -0.39 is 6.04 Å². The fraction of sp³-hybridized carbons (Fsp3) is 0.700.